The average Bonchev–Trinajstić information content (AvgIpc) is 2.80. The zero-order chi connectivity index (χ0) is 13.8. The molecule has 2 rings (SSSR count). The molecule has 0 fully saturated rings. The molecule has 19 heavy (non-hydrogen) atoms. The summed E-state index contributed by atoms with van der Waals surface area (Å²) in [6, 6.07) is 0. The number of anilines is 1. The molecule has 2 aromatic heterocycles. The summed E-state index contributed by atoms with van der Waals surface area (Å²) in [5, 5.41) is 10.4. The van der Waals surface area contributed by atoms with Crippen molar-refractivity contribution in [1.82, 2.24) is 14.8 Å². The van der Waals surface area contributed by atoms with Crippen LogP contribution in [0.5, 0.6) is 0 Å². The Bertz CT molecular complexity index is 622. The molecule has 0 aliphatic heterocycles. The van der Waals surface area contributed by atoms with Crippen molar-refractivity contribution < 1.29 is 0 Å². The number of halogens is 1. The zero-order valence-electron chi connectivity index (χ0n) is 10.8. The summed E-state index contributed by atoms with van der Waals surface area (Å²) in [7, 11) is 0. The van der Waals surface area contributed by atoms with Crippen LogP contribution in [0, 0.1) is 6.92 Å². The van der Waals surface area contributed by atoms with Gasteiger partial charge in [0.2, 0.25) is 0 Å². The van der Waals surface area contributed by atoms with Crippen LogP contribution in [0.25, 0.3) is 0 Å². The van der Waals surface area contributed by atoms with Gasteiger partial charge in [0.15, 0.2) is 0 Å². The third-order valence-electron chi connectivity index (χ3n) is 2.55. The smallest absolute Gasteiger partial charge is 0.283 e. The topological polar surface area (TPSA) is 59.8 Å². The summed E-state index contributed by atoms with van der Waals surface area (Å²) in [5.41, 5.74) is 1.55. The summed E-state index contributed by atoms with van der Waals surface area (Å²) < 4.78 is 1.98. The van der Waals surface area contributed by atoms with Crippen molar-refractivity contribution in [2.75, 3.05) is 5.32 Å². The van der Waals surface area contributed by atoms with E-state index in [1.807, 2.05) is 19.2 Å². The Hall–Kier alpha value is -1.21. The second-order valence-corrected chi connectivity index (χ2v) is 5.97. The minimum absolute atomic E-state index is 0.110. The summed E-state index contributed by atoms with van der Waals surface area (Å²) in [6.45, 7) is 5.20. The lowest BCUT2D eigenvalue weighted by molar-refractivity contribution is 0.566. The fourth-order valence-corrected chi connectivity index (χ4v) is 2.69. The van der Waals surface area contributed by atoms with Gasteiger partial charge in [0.05, 0.1) is 29.1 Å². The van der Waals surface area contributed by atoms with Crippen LogP contribution in [0.15, 0.2) is 20.8 Å². The minimum atomic E-state index is -0.110. The van der Waals surface area contributed by atoms with Gasteiger partial charge in [-0.05, 0) is 29.3 Å². The van der Waals surface area contributed by atoms with Crippen LogP contribution in [-0.2, 0) is 13.1 Å². The maximum Gasteiger partial charge on any atom is 0.283 e. The summed E-state index contributed by atoms with van der Waals surface area (Å²) in [4.78, 5) is 16.4. The molecule has 0 radical (unpaired) electrons. The molecule has 0 aliphatic carbocycles. The number of nitrogens with zero attached hydrogens (tertiary/aromatic N) is 3. The second-order valence-electron chi connectivity index (χ2n) is 4.11. The van der Waals surface area contributed by atoms with Crippen molar-refractivity contribution in [3.8, 4) is 0 Å². The number of hydrogen-bond donors (Lipinski definition) is 1. The maximum absolute atomic E-state index is 12.0. The van der Waals surface area contributed by atoms with Gasteiger partial charge in [-0.2, -0.15) is 5.10 Å². The zero-order valence-corrected chi connectivity index (χ0v) is 13.2. The third kappa shape index (κ3) is 3.42. The number of aromatic nitrogens is 3. The Balaban J connectivity index is 2.13. The van der Waals surface area contributed by atoms with Crippen LogP contribution in [-0.4, -0.2) is 14.8 Å². The van der Waals surface area contributed by atoms with E-state index in [-0.39, 0.29) is 5.56 Å². The fourth-order valence-electron chi connectivity index (χ4n) is 1.63. The number of thiazole rings is 1. The highest BCUT2D eigenvalue weighted by Crippen LogP contribution is 2.17. The molecule has 5 nitrogen and oxygen atoms in total. The van der Waals surface area contributed by atoms with Crippen LogP contribution in [0.2, 0.25) is 0 Å². The van der Waals surface area contributed by atoms with Crippen LogP contribution in [0.4, 0.5) is 5.69 Å². The van der Waals surface area contributed by atoms with Gasteiger partial charge in [-0.15, -0.1) is 11.3 Å². The highest BCUT2D eigenvalue weighted by atomic mass is 79.9. The molecule has 0 aliphatic rings. The standard InChI is InChI=1S/C12H15BrN4OS/c1-3-4-17-12(18)11(13)10(6-15-17)14-5-9-7-19-8(2)16-9/h6-7,14H,3-5H2,1-2H3. The SMILES string of the molecule is CCCn1ncc(NCc2csc(C)n2)c(Br)c1=O. The molecule has 7 heteroatoms. The van der Waals surface area contributed by atoms with E-state index in [4.69, 9.17) is 0 Å². The van der Waals surface area contributed by atoms with Gasteiger partial charge < -0.3 is 5.32 Å². The Labute approximate surface area is 123 Å². The molecule has 2 aromatic rings. The quantitative estimate of drug-likeness (QED) is 0.907. The first kappa shape index (κ1) is 14.2. The van der Waals surface area contributed by atoms with E-state index in [1.165, 1.54) is 4.68 Å². The summed E-state index contributed by atoms with van der Waals surface area (Å²) >= 11 is 4.94. The predicted molar refractivity (Wildman–Crippen MR) is 80.7 cm³/mol. The highest BCUT2D eigenvalue weighted by molar-refractivity contribution is 9.10. The molecule has 0 aromatic carbocycles. The Morgan fingerprint density at radius 1 is 1.53 bits per heavy atom. The lowest BCUT2D eigenvalue weighted by atomic mass is 10.4. The van der Waals surface area contributed by atoms with Crippen molar-refractivity contribution in [1.29, 1.82) is 0 Å². The molecule has 0 saturated heterocycles. The van der Waals surface area contributed by atoms with Gasteiger partial charge in [0.25, 0.3) is 5.56 Å². The van der Waals surface area contributed by atoms with Gasteiger partial charge in [-0.3, -0.25) is 4.79 Å². The van der Waals surface area contributed by atoms with E-state index in [2.05, 4.69) is 31.3 Å². The molecule has 1 N–H and O–H groups in total. The van der Waals surface area contributed by atoms with E-state index < -0.39 is 0 Å². The monoisotopic (exact) mass is 342 g/mol. The minimum Gasteiger partial charge on any atom is -0.377 e. The Morgan fingerprint density at radius 3 is 2.95 bits per heavy atom. The van der Waals surface area contributed by atoms with E-state index in [0.29, 0.717) is 23.2 Å². The number of nitrogens with one attached hydrogen (secondary N) is 1. The molecule has 0 bridgehead atoms. The lowest BCUT2D eigenvalue weighted by Gasteiger charge is -2.08. The van der Waals surface area contributed by atoms with E-state index in [1.54, 1.807) is 17.5 Å². The molecular formula is C12H15BrN4OS. The largest absolute Gasteiger partial charge is 0.377 e. The molecular weight excluding hydrogens is 328 g/mol. The van der Waals surface area contributed by atoms with Crippen molar-refractivity contribution in [2.45, 2.75) is 33.4 Å². The Morgan fingerprint density at radius 2 is 2.32 bits per heavy atom. The predicted octanol–water partition coefficient (Wildman–Crippen LogP) is 2.79. The molecule has 0 unspecified atom stereocenters. The van der Waals surface area contributed by atoms with Crippen molar-refractivity contribution in [3.05, 3.63) is 37.1 Å². The molecule has 2 heterocycles. The van der Waals surface area contributed by atoms with E-state index >= 15 is 0 Å². The molecule has 0 saturated carbocycles. The first-order valence-electron chi connectivity index (χ1n) is 6.02. The van der Waals surface area contributed by atoms with Gasteiger partial charge >= 0.3 is 0 Å². The van der Waals surface area contributed by atoms with Crippen LogP contribution in [0.3, 0.4) is 0 Å². The molecule has 0 spiro atoms. The lowest BCUT2D eigenvalue weighted by Crippen LogP contribution is -2.24. The molecule has 0 amide bonds. The summed E-state index contributed by atoms with van der Waals surface area (Å²) in [6.07, 6.45) is 2.55. The molecule has 0 atom stereocenters. The number of hydrogen-bond acceptors (Lipinski definition) is 5. The summed E-state index contributed by atoms with van der Waals surface area (Å²) in [5.74, 6) is 0. The van der Waals surface area contributed by atoms with E-state index in [0.717, 1.165) is 17.1 Å². The fraction of sp³-hybridized carbons (Fsp3) is 0.417. The average molecular weight is 343 g/mol. The van der Waals surface area contributed by atoms with Gasteiger partial charge in [0, 0.05) is 11.9 Å². The normalized spacial score (nSPS) is 10.7. The van der Waals surface area contributed by atoms with Crippen molar-refractivity contribution in [3.63, 3.8) is 0 Å². The van der Waals surface area contributed by atoms with Crippen molar-refractivity contribution in [2.24, 2.45) is 0 Å². The van der Waals surface area contributed by atoms with Crippen LogP contribution < -0.4 is 10.9 Å². The van der Waals surface area contributed by atoms with Crippen LogP contribution >= 0.6 is 27.3 Å². The Kier molecular flexibility index (Phi) is 4.71. The first-order chi connectivity index (χ1) is 9.11. The van der Waals surface area contributed by atoms with Gasteiger partial charge in [-0.1, -0.05) is 6.92 Å². The number of rotatable bonds is 5. The van der Waals surface area contributed by atoms with Gasteiger partial charge in [0.1, 0.15) is 4.47 Å². The number of aryl methyl sites for hydroxylation is 2. The van der Waals surface area contributed by atoms with Crippen LogP contribution in [0.1, 0.15) is 24.0 Å². The molecule has 102 valence electrons. The highest BCUT2D eigenvalue weighted by Gasteiger charge is 2.08. The van der Waals surface area contributed by atoms with E-state index in [9.17, 15) is 4.79 Å². The first-order valence-corrected chi connectivity index (χ1v) is 7.69. The maximum atomic E-state index is 12.0. The second kappa shape index (κ2) is 6.29. The van der Waals surface area contributed by atoms with Crippen molar-refractivity contribution >= 4 is 33.0 Å². The van der Waals surface area contributed by atoms with Gasteiger partial charge in [-0.25, -0.2) is 9.67 Å². The third-order valence-corrected chi connectivity index (χ3v) is 4.14.